The van der Waals surface area contributed by atoms with E-state index in [1.54, 1.807) is 13.8 Å². The van der Waals surface area contributed by atoms with Crippen LogP contribution in [0.4, 0.5) is 0 Å². The molecule has 0 saturated carbocycles. The van der Waals surface area contributed by atoms with Crippen LogP contribution < -0.4 is 0 Å². The molecular formula is C8H16CfO3. The first-order valence-corrected chi connectivity index (χ1v) is 3.79. The smallest absolute Gasteiger partial charge is 0.313 e. The van der Waals surface area contributed by atoms with Gasteiger partial charge in [0.1, 0.15) is 0 Å². The molecule has 0 aromatic heterocycles. The molecule has 12 heavy (non-hydrogen) atoms. The van der Waals surface area contributed by atoms with E-state index in [0.29, 0.717) is 6.42 Å². The van der Waals surface area contributed by atoms with Gasteiger partial charge in [-0.25, -0.2) is 0 Å². The molecule has 0 amide bonds. The summed E-state index contributed by atoms with van der Waals surface area (Å²) in [6.07, 6.45) is -0.299. The number of hydrogen-bond acceptors (Lipinski definition) is 3. The second-order valence-electron chi connectivity index (χ2n) is 3.24. The van der Waals surface area contributed by atoms with E-state index in [2.05, 4.69) is 4.74 Å². The summed E-state index contributed by atoms with van der Waals surface area (Å²) in [5.74, 6) is -0.352. The van der Waals surface area contributed by atoms with Crippen LogP contribution in [0.25, 0.3) is 0 Å². The Morgan fingerprint density at radius 1 is 1.58 bits per heavy atom. The van der Waals surface area contributed by atoms with E-state index >= 15 is 0 Å². The number of rotatable bonds is 3. The molecule has 0 spiro atoms. The van der Waals surface area contributed by atoms with Gasteiger partial charge in [-0.3, -0.25) is 4.79 Å². The molecule has 0 bridgehead atoms. The minimum absolute atomic E-state index is 0. The molecule has 0 aliphatic rings. The van der Waals surface area contributed by atoms with Crippen molar-refractivity contribution in [1.82, 2.24) is 0 Å². The Kier molecular flexibility index (Phi) is 4.72. The Morgan fingerprint density at radius 2 is 2.00 bits per heavy atom. The zero-order valence-corrected chi connectivity index (χ0v) is 10.5. The summed E-state index contributed by atoms with van der Waals surface area (Å²) in [5, 5.41) is 8.74. The van der Waals surface area contributed by atoms with Gasteiger partial charge in [0.2, 0.25) is 0 Å². The maximum atomic E-state index is 11.1. The van der Waals surface area contributed by atoms with Crippen LogP contribution in [0.1, 0.15) is 34.1 Å². The topological polar surface area (TPSA) is 46.5 Å². The molecular weight excluding hydrogens is 395 g/mol. The number of ether oxygens (including phenoxy) is 1. The molecule has 4 heteroatoms. The fourth-order valence-electron chi connectivity index (χ4n) is 0.459. The minimum Gasteiger partial charge on any atom is -0.436 e. The SMILES string of the molecule is CCC(C)(C)C(=O)OC(C)O.[Cf]. The molecule has 0 saturated heterocycles. The zero-order chi connectivity index (χ0) is 9.07. The third kappa shape index (κ3) is 3.56. The average Bonchev–Trinajstić information content (AvgIpc) is 1.86. The minimum atomic E-state index is -1.01. The van der Waals surface area contributed by atoms with E-state index in [9.17, 15) is 4.79 Å². The zero-order valence-electron chi connectivity index (χ0n) is 7.86. The van der Waals surface area contributed by atoms with Crippen molar-refractivity contribution in [2.45, 2.75) is 40.4 Å². The third-order valence-electron chi connectivity index (χ3n) is 1.71. The van der Waals surface area contributed by atoms with Crippen molar-refractivity contribution in [3.8, 4) is 0 Å². The van der Waals surface area contributed by atoms with E-state index in [1.807, 2.05) is 6.92 Å². The molecule has 76 valence electrons. The van der Waals surface area contributed by atoms with Crippen LogP contribution in [0.3, 0.4) is 0 Å². The summed E-state index contributed by atoms with van der Waals surface area (Å²) < 4.78 is 4.62. The molecule has 0 rings (SSSR count). The van der Waals surface area contributed by atoms with Crippen LogP contribution in [0.15, 0.2) is 0 Å². The predicted octanol–water partition coefficient (Wildman–Crippen LogP) is 1.30. The second kappa shape index (κ2) is 4.34. The number of esters is 1. The predicted molar refractivity (Wildman–Crippen MR) is 41.8 cm³/mol. The van der Waals surface area contributed by atoms with Crippen LogP contribution in [0.2, 0.25) is 0 Å². The van der Waals surface area contributed by atoms with Crippen molar-refractivity contribution in [2.75, 3.05) is 0 Å². The second-order valence-corrected chi connectivity index (χ2v) is 3.24. The van der Waals surface area contributed by atoms with Crippen molar-refractivity contribution in [3.63, 3.8) is 0 Å². The van der Waals surface area contributed by atoms with Gasteiger partial charge in [0.05, 0.1) is 5.41 Å². The van der Waals surface area contributed by atoms with E-state index in [0.717, 1.165) is 0 Å². The summed E-state index contributed by atoms with van der Waals surface area (Å²) in [6.45, 7) is 6.91. The van der Waals surface area contributed by atoms with Crippen molar-refractivity contribution in [2.24, 2.45) is 5.41 Å². The molecule has 0 heterocycles. The molecule has 0 aromatic rings. The molecule has 1 unspecified atom stereocenters. The van der Waals surface area contributed by atoms with Gasteiger partial charge in [-0.1, -0.05) is 6.92 Å². The number of aliphatic hydroxyl groups excluding tert-OH is 1. The Hall–Kier alpha value is -1.57. The molecule has 1 atom stereocenters. The Balaban J connectivity index is 0. The first kappa shape index (κ1) is 13.1. The normalized spacial score (nSPS) is 13.1. The van der Waals surface area contributed by atoms with E-state index in [4.69, 9.17) is 5.11 Å². The quantitative estimate of drug-likeness (QED) is 0.563. The molecule has 0 aromatic carbocycles. The van der Waals surface area contributed by atoms with Gasteiger partial charge >= 0.3 is 5.97 Å². The molecule has 0 aliphatic carbocycles. The number of aliphatic hydroxyl groups is 1. The van der Waals surface area contributed by atoms with Crippen LogP contribution in [0.5, 0.6) is 0 Å². The number of carbonyl (C=O) groups excluding carboxylic acids is 1. The Morgan fingerprint density at radius 3 is 2.25 bits per heavy atom. The van der Waals surface area contributed by atoms with Crippen molar-refractivity contribution < 1.29 is 14.6 Å². The summed E-state index contributed by atoms with van der Waals surface area (Å²) in [6, 6.07) is 0. The number of hydrogen-bond donors (Lipinski definition) is 1. The van der Waals surface area contributed by atoms with Crippen molar-refractivity contribution in [3.05, 3.63) is 0 Å². The summed E-state index contributed by atoms with van der Waals surface area (Å²) in [4.78, 5) is 11.1. The van der Waals surface area contributed by atoms with Crippen LogP contribution in [-0.2, 0) is 9.53 Å². The van der Waals surface area contributed by atoms with Gasteiger partial charge in [0, 0.05) is 0 Å². The first-order chi connectivity index (χ1) is 4.90. The maximum absolute atomic E-state index is 11.1. The number of carbonyl (C=O) groups is 1. The molecule has 1 N–H and O–H groups in total. The van der Waals surface area contributed by atoms with Gasteiger partial charge in [0.15, 0.2) is 6.29 Å². The summed E-state index contributed by atoms with van der Waals surface area (Å²) >= 11 is 0. The van der Waals surface area contributed by atoms with Crippen LogP contribution in [0, 0.1) is 5.41 Å². The molecule has 0 fully saturated rings. The van der Waals surface area contributed by atoms with Gasteiger partial charge < -0.3 is 9.84 Å². The fraction of sp³-hybridized carbons (Fsp3) is 0.875. The monoisotopic (exact) mass is 409 g/mol. The van der Waals surface area contributed by atoms with Crippen molar-refractivity contribution >= 4 is 5.97 Å². The van der Waals surface area contributed by atoms with Gasteiger partial charge in [-0.2, -0.15) is 0 Å². The van der Waals surface area contributed by atoms with Gasteiger partial charge in [0.25, 0.3) is 0 Å². The summed E-state index contributed by atoms with van der Waals surface area (Å²) in [5.41, 5.74) is -0.489. The molecule has 0 radical (unpaired) electrons. The molecule has 3 nitrogen and oxygen atoms in total. The van der Waals surface area contributed by atoms with Crippen LogP contribution in [-0.4, -0.2) is 17.4 Å². The standard InChI is InChI=1S/C8H16O3.Cf/c1-5-8(3,4)7(10)11-6(2)9;/h6,9H,5H2,1-4H3;. The van der Waals surface area contributed by atoms with Crippen LogP contribution >= 0.6 is 0 Å². The van der Waals surface area contributed by atoms with Gasteiger partial charge in [-0.05, 0) is 27.2 Å². The summed E-state index contributed by atoms with van der Waals surface area (Å²) in [7, 11) is 0. The third-order valence-corrected chi connectivity index (χ3v) is 1.71. The largest absolute Gasteiger partial charge is 0.436 e. The van der Waals surface area contributed by atoms with Gasteiger partial charge in [-0.15, -0.1) is 0 Å². The van der Waals surface area contributed by atoms with E-state index in [1.165, 1.54) is 6.92 Å². The van der Waals surface area contributed by atoms with E-state index < -0.39 is 11.7 Å². The first-order valence-electron chi connectivity index (χ1n) is 3.79. The Bertz CT molecular complexity index is 143. The fourth-order valence-corrected chi connectivity index (χ4v) is 0.459. The molecule has 0 aliphatic heterocycles. The Labute approximate surface area is 67.4 Å². The van der Waals surface area contributed by atoms with Crippen molar-refractivity contribution in [1.29, 1.82) is 0 Å². The average molecular weight is 411 g/mol. The maximum Gasteiger partial charge on any atom is 0.313 e. The van der Waals surface area contributed by atoms with E-state index in [-0.39, 0.29) is 5.97 Å².